The molecule has 7 nitrogen and oxygen atoms in total. The highest BCUT2D eigenvalue weighted by Crippen LogP contribution is 2.29. The first-order valence-electron chi connectivity index (χ1n) is 8.47. The molecule has 0 spiro atoms. The van der Waals surface area contributed by atoms with E-state index in [2.05, 4.69) is 4.72 Å². The average Bonchev–Trinajstić information content (AvgIpc) is 2.59. The lowest BCUT2D eigenvalue weighted by atomic mass is 10.2. The predicted molar refractivity (Wildman–Crippen MR) is 105 cm³/mol. The second-order valence-corrected chi connectivity index (χ2v) is 8.70. The van der Waals surface area contributed by atoms with E-state index in [0.717, 1.165) is 12.1 Å². The topological polar surface area (TPSA) is 92.8 Å². The van der Waals surface area contributed by atoms with Gasteiger partial charge in [-0.3, -0.25) is 4.79 Å². The van der Waals surface area contributed by atoms with Crippen molar-refractivity contribution in [2.75, 3.05) is 26.2 Å². The highest BCUT2D eigenvalue weighted by atomic mass is 35.5. The van der Waals surface area contributed by atoms with Crippen molar-refractivity contribution in [1.29, 1.82) is 0 Å². The van der Waals surface area contributed by atoms with E-state index in [0.29, 0.717) is 13.1 Å². The number of rotatable bonds is 9. The van der Waals surface area contributed by atoms with Crippen molar-refractivity contribution in [3.63, 3.8) is 0 Å². The Labute approximate surface area is 170 Å². The van der Waals surface area contributed by atoms with Crippen molar-refractivity contribution in [3.05, 3.63) is 27.7 Å². The molecule has 0 saturated carbocycles. The molecule has 1 aromatic carbocycles. The second-order valence-electron chi connectivity index (χ2n) is 6.15. The quantitative estimate of drug-likeness (QED) is 0.598. The maximum absolute atomic E-state index is 12.4. The van der Waals surface area contributed by atoms with E-state index >= 15 is 0 Å². The van der Waals surface area contributed by atoms with Crippen molar-refractivity contribution in [2.45, 2.75) is 32.6 Å². The van der Waals surface area contributed by atoms with Crippen LogP contribution in [0, 0.1) is 5.92 Å². The lowest BCUT2D eigenvalue weighted by molar-refractivity contribution is -0.134. The second kappa shape index (κ2) is 10.3. The maximum Gasteiger partial charge on any atom is 0.340 e. The van der Waals surface area contributed by atoms with Gasteiger partial charge in [0.2, 0.25) is 10.0 Å². The summed E-state index contributed by atoms with van der Waals surface area (Å²) in [6.45, 7) is 8.02. The van der Waals surface area contributed by atoms with Crippen LogP contribution < -0.4 is 4.72 Å². The van der Waals surface area contributed by atoms with Crippen LogP contribution in [0.2, 0.25) is 10.0 Å². The van der Waals surface area contributed by atoms with Gasteiger partial charge in [-0.15, -0.1) is 0 Å². The van der Waals surface area contributed by atoms with Gasteiger partial charge in [-0.25, -0.2) is 17.9 Å². The third-order valence-electron chi connectivity index (χ3n) is 3.66. The zero-order valence-corrected chi connectivity index (χ0v) is 18.0. The standard InChI is InChI=1S/C17H24Cl2N2O5S/c1-5-21(6-2)16(22)10-26-17(23)12-7-15(14(19)8-13(12)18)27(24,25)20-9-11(3)4/h7-8,11,20H,5-6,9-10H2,1-4H3. The first-order valence-corrected chi connectivity index (χ1v) is 10.7. The van der Waals surface area contributed by atoms with Crippen molar-refractivity contribution < 1.29 is 22.7 Å². The third-order valence-corrected chi connectivity index (χ3v) is 5.86. The summed E-state index contributed by atoms with van der Waals surface area (Å²) < 4.78 is 32.3. The minimum atomic E-state index is -3.93. The van der Waals surface area contributed by atoms with Gasteiger partial charge in [0.1, 0.15) is 4.90 Å². The highest BCUT2D eigenvalue weighted by Gasteiger charge is 2.24. The molecule has 0 atom stereocenters. The molecule has 10 heteroatoms. The van der Waals surface area contributed by atoms with Gasteiger partial charge < -0.3 is 9.64 Å². The molecule has 152 valence electrons. The smallest absolute Gasteiger partial charge is 0.340 e. The Morgan fingerprint density at radius 3 is 2.26 bits per heavy atom. The molecular formula is C17H24Cl2N2O5S. The molecule has 1 N–H and O–H groups in total. The number of likely N-dealkylation sites (N-methyl/N-ethyl adjacent to an activating group) is 1. The first-order chi connectivity index (χ1) is 12.5. The number of nitrogens with zero attached hydrogens (tertiary/aromatic N) is 1. The number of esters is 1. The van der Waals surface area contributed by atoms with Crippen LogP contribution in [0.1, 0.15) is 38.1 Å². The summed E-state index contributed by atoms with van der Waals surface area (Å²) in [6, 6.07) is 2.22. The number of hydrogen-bond donors (Lipinski definition) is 1. The Morgan fingerprint density at radius 2 is 1.74 bits per heavy atom. The average molecular weight is 439 g/mol. The van der Waals surface area contributed by atoms with Gasteiger partial charge in [0.15, 0.2) is 6.61 Å². The number of sulfonamides is 1. The van der Waals surface area contributed by atoms with Gasteiger partial charge >= 0.3 is 5.97 Å². The summed E-state index contributed by atoms with van der Waals surface area (Å²) in [5.41, 5.74) is -0.182. The van der Waals surface area contributed by atoms with Crippen LogP contribution in [0.3, 0.4) is 0 Å². The molecule has 0 aromatic heterocycles. The number of nitrogens with one attached hydrogen (secondary N) is 1. The third kappa shape index (κ3) is 6.64. The summed E-state index contributed by atoms with van der Waals surface area (Å²) in [4.78, 5) is 25.5. The summed E-state index contributed by atoms with van der Waals surface area (Å²) in [6.07, 6.45) is 0. The molecule has 0 bridgehead atoms. The van der Waals surface area contributed by atoms with Gasteiger partial charge in [0.25, 0.3) is 5.91 Å². The first kappa shape index (κ1) is 23.7. The van der Waals surface area contributed by atoms with Crippen molar-refractivity contribution in [3.8, 4) is 0 Å². The molecule has 27 heavy (non-hydrogen) atoms. The number of benzene rings is 1. The molecule has 1 rings (SSSR count). The van der Waals surface area contributed by atoms with Gasteiger partial charge in [0.05, 0.1) is 15.6 Å². The van der Waals surface area contributed by atoms with Crippen molar-refractivity contribution >= 4 is 45.1 Å². The molecule has 1 amide bonds. The van der Waals surface area contributed by atoms with Crippen LogP contribution in [-0.4, -0.2) is 51.4 Å². The maximum atomic E-state index is 12.4. The Bertz CT molecular complexity index is 793. The summed E-state index contributed by atoms with van der Waals surface area (Å²) in [5, 5.41) is -0.185. The molecule has 0 fully saturated rings. The van der Waals surface area contributed by atoms with Crippen LogP contribution in [0.5, 0.6) is 0 Å². The molecule has 0 aliphatic rings. The fourth-order valence-corrected chi connectivity index (χ4v) is 4.18. The molecule has 0 aliphatic carbocycles. The van der Waals surface area contributed by atoms with Crippen LogP contribution >= 0.6 is 23.2 Å². The number of ether oxygens (including phenoxy) is 1. The Morgan fingerprint density at radius 1 is 1.15 bits per heavy atom. The Hall–Kier alpha value is -1.35. The van der Waals surface area contributed by atoms with Crippen LogP contribution in [0.25, 0.3) is 0 Å². The van der Waals surface area contributed by atoms with Crippen molar-refractivity contribution in [1.82, 2.24) is 9.62 Å². The van der Waals surface area contributed by atoms with Crippen LogP contribution in [0.4, 0.5) is 0 Å². The summed E-state index contributed by atoms with van der Waals surface area (Å²) in [7, 11) is -3.93. The number of amides is 1. The fraction of sp³-hybridized carbons (Fsp3) is 0.529. The van der Waals surface area contributed by atoms with Crippen LogP contribution in [-0.2, 0) is 19.6 Å². The molecule has 1 aromatic rings. The van der Waals surface area contributed by atoms with E-state index in [9.17, 15) is 18.0 Å². The van der Waals surface area contributed by atoms with E-state index in [4.69, 9.17) is 27.9 Å². The molecule has 0 aliphatic heterocycles. The van der Waals surface area contributed by atoms with Gasteiger partial charge in [-0.1, -0.05) is 37.0 Å². The normalized spacial score (nSPS) is 11.5. The van der Waals surface area contributed by atoms with Gasteiger partial charge in [0, 0.05) is 19.6 Å². The fourth-order valence-electron chi connectivity index (χ4n) is 2.12. The molecular weight excluding hydrogens is 415 g/mol. The minimum absolute atomic E-state index is 0.0666. The largest absolute Gasteiger partial charge is 0.452 e. The minimum Gasteiger partial charge on any atom is -0.452 e. The predicted octanol–water partition coefficient (Wildman–Crippen LogP) is 2.95. The van der Waals surface area contributed by atoms with E-state index < -0.39 is 22.6 Å². The number of halogens is 2. The van der Waals surface area contributed by atoms with E-state index in [1.807, 2.05) is 13.8 Å². The monoisotopic (exact) mass is 438 g/mol. The SMILES string of the molecule is CCN(CC)C(=O)COC(=O)c1cc(S(=O)(=O)NCC(C)C)c(Cl)cc1Cl. The lowest BCUT2D eigenvalue weighted by Gasteiger charge is -2.18. The molecule has 0 heterocycles. The molecule has 0 unspecified atom stereocenters. The van der Waals surface area contributed by atoms with Gasteiger partial charge in [-0.2, -0.15) is 0 Å². The summed E-state index contributed by atoms with van der Waals surface area (Å²) >= 11 is 12.0. The van der Waals surface area contributed by atoms with E-state index in [1.165, 1.54) is 4.90 Å². The zero-order valence-electron chi connectivity index (χ0n) is 15.7. The van der Waals surface area contributed by atoms with E-state index in [1.54, 1.807) is 13.8 Å². The van der Waals surface area contributed by atoms with Crippen molar-refractivity contribution in [2.24, 2.45) is 5.92 Å². The summed E-state index contributed by atoms with van der Waals surface area (Å²) in [5.74, 6) is -1.18. The van der Waals surface area contributed by atoms with E-state index in [-0.39, 0.29) is 38.9 Å². The van der Waals surface area contributed by atoms with Crippen LogP contribution in [0.15, 0.2) is 17.0 Å². The molecule has 0 radical (unpaired) electrons. The zero-order chi connectivity index (χ0) is 20.8. The highest BCUT2D eigenvalue weighted by molar-refractivity contribution is 7.89. The number of carbonyl (C=O) groups excluding carboxylic acids is 2. The number of carbonyl (C=O) groups is 2. The lowest BCUT2D eigenvalue weighted by Crippen LogP contribution is -2.34. The molecule has 0 saturated heterocycles. The van der Waals surface area contributed by atoms with Gasteiger partial charge in [-0.05, 0) is 31.9 Å². The Balaban J connectivity index is 3.05. The number of hydrogen-bond acceptors (Lipinski definition) is 5. The Kier molecular flexibility index (Phi) is 9.01.